The molecule has 0 atom stereocenters. The molecule has 0 radical (unpaired) electrons. The fourth-order valence-corrected chi connectivity index (χ4v) is 3.39. The molecule has 0 fully saturated rings. The zero-order chi connectivity index (χ0) is 14.5. The van der Waals surface area contributed by atoms with Gasteiger partial charge in [0.05, 0.1) is 7.11 Å². The molecule has 0 aliphatic heterocycles. The number of methoxy groups -OCH3 is 1. The zero-order valence-corrected chi connectivity index (χ0v) is 12.5. The summed E-state index contributed by atoms with van der Waals surface area (Å²) in [7, 11) is 1.70. The molecule has 0 heterocycles. The zero-order valence-electron chi connectivity index (χ0n) is 12.5. The van der Waals surface area contributed by atoms with Crippen LogP contribution in [0, 0.1) is 12.3 Å². The molecule has 3 rings (SSSR count). The summed E-state index contributed by atoms with van der Waals surface area (Å²) in [5, 5.41) is 2.31. The van der Waals surface area contributed by atoms with E-state index in [0.717, 1.165) is 28.7 Å². The number of carbonyl (C=O) groups excluding carboxylic acids is 1. The number of carbonyl (C=O) groups is 1. The molecule has 2 heteroatoms. The third kappa shape index (κ3) is 1.91. The summed E-state index contributed by atoms with van der Waals surface area (Å²) in [6.45, 7) is 6.39. The summed E-state index contributed by atoms with van der Waals surface area (Å²) < 4.78 is 5.49. The number of rotatable bonds is 1. The summed E-state index contributed by atoms with van der Waals surface area (Å²) >= 11 is 0. The molecule has 2 aromatic rings. The van der Waals surface area contributed by atoms with Gasteiger partial charge in [0.1, 0.15) is 5.75 Å². The summed E-state index contributed by atoms with van der Waals surface area (Å²) in [5.74, 6) is 1.16. The number of ether oxygens (including phenoxy) is 1. The maximum absolute atomic E-state index is 12.4. The van der Waals surface area contributed by atoms with Crippen molar-refractivity contribution >= 4 is 16.6 Å². The Balaban J connectivity index is 2.39. The molecule has 0 unspecified atom stereocenters. The van der Waals surface area contributed by atoms with Crippen molar-refractivity contribution < 1.29 is 9.53 Å². The molecular formula is C18H20O2. The molecule has 20 heavy (non-hydrogen) atoms. The molecule has 0 saturated heterocycles. The van der Waals surface area contributed by atoms with Crippen molar-refractivity contribution in [2.45, 2.75) is 33.6 Å². The van der Waals surface area contributed by atoms with Gasteiger partial charge in [-0.25, -0.2) is 0 Å². The minimum Gasteiger partial charge on any atom is -0.496 e. The van der Waals surface area contributed by atoms with E-state index in [4.69, 9.17) is 4.74 Å². The molecule has 2 nitrogen and oxygen atoms in total. The largest absolute Gasteiger partial charge is 0.496 e. The van der Waals surface area contributed by atoms with Crippen molar-refractivity contribution in [2.24, 2.45) is 5.41 Å². The Kier molecular flexibility index (Phi) is 2.86. The minimum atomic E-state index is 0.0371. The van der Waals surface area contributed by atoms with E-state index in [1.165, 1.54) is 10.9 Å². The van der Waals surface area contributed by atoms with E-state index < -0.39 is 0 Å². The van der Waals surface area contributed by atoms with Gasteiger partial charge in [-0.15, -0.1) is 0 Å². The minimum absolute atomic E-state index is 0.0371. The van der Waals surface area contributed by atoms with Crippen LogP contribution in [0.25, 0.3) is 10.8 Å². The Labute approximate surface area is 119 Å². The molecule has 2 aromatic carbocycles. The molecule has 104 valence electrons. The van der Waals surface area contributed by atoms with Crippen LogP contribution in [0.3, 0.4) is 0 Å². The number of hydrogen-bond donors (Lipinski definition) is 0. The van der Waals surface area contributed by atoms with Gasteiger partial charge in [-0.3, -0.25) is 4.79 Å². The van der Waals surface area contributed by atoms with Crippen LogP contribution in [0.4, 0.5) is 0 Å². The topological polar surface area (TPSA) is 26.3 Å². The van der Waals surface area contributed by atoms with Crippen molar-refractivity contribution in [1.29, 1.82) is 0 Å². The highest BCUT2D eigenvalue weighted by atomic mass is 16.5. The maximum Gasteiger partial charge on any atom is 0.163 e. The maximum atomic E-state index is 12.4. The Morgan fingerprint density at radius 2 is 1.95 bits per heavy atom. The molecule has 1 aliphatic rings. The van der Waals surface area contributed by atoms with Gasteiger partial charge in [0.25, 0.3) is 0 Å². The Morgan fingerprint density at radius 1 is 1.20 bits per heavy atom. The van der Waals surface area contributed by atoms with Crippen molar-refractivity contribution in [2.75, 3.05) is 7.11 Å². The summed E-state index contributed by atoms with van der Waals surface area (Å²) in [6, 6.07) is 8.14. The summed E-state index contributed by atoms with van der Waals surface area (Å²) in [4.78, 5) is 12.4. The number of benzene rings is 2. The van der Waals surface area contributed by atoms with Gasteiger partial charge >= 0.3 is 0 Å². The lowest BCUT2D eigenvalue weighted by atomic mass is 9.72. The van der Waals surface area contributed by atoms with Crippen molar-refractivity contribution in [3.8, 4) is 5.75 Å². The summed E-state index contributed by atoms with van der Waals surface area (Å²) in [6.07, 6.45) is 1.58. The van der Waals surface area contributed by atoms with Gasteiger partial charge in [-0.05, 0) is 47.4 Å². The molecule has 0 aromatic heterocycles. The Bertz CT molecular complexity index is 711. The highest BCUT2D eigenvalue weighted by molar-refractivity contribution is 6.06. The Morgan fingerprint density at radius 3 is 2.65 bits per heavy atom. The second-order valence-corrected chi connectivity index (χ2v) is 6.54. The van der Waals surface area contributed by atoms with E-state index in [-0.39, 0.29) is 11.2 Å². The number of ketones is 1. The first-order valence-electron chi connectivity index (χ1n) is 7.05. The lowest BCUT2D eigenvalue weighted by molar-refractivity contribution is 0.0913. The van der Waals surface area contributed by atoms with Gasteiger partial charge in [0, 0.05) is 17.4 Å². The smallest absolute Gasteiger partial charge is 0.163 e. The molecule has 0 saturated carbocycles. The lowest BCUT2D eigenvalue weighted by Crippen LogP contribution is -2.27. The van der Waals surface area contributed by atoms with Gasteiger partial charge in [0.15, 0.2) is 5.78 Å². The fraction of sp³-hybridized carbons (Fsp3) is 0.389. The monoisotopic (exact) mass is 268 g/mol. The van der Waals surface area contributed by atoms with E-state index in [1.54, 1.807) is 7.11 Å². The van der Waals surface area contributed by atoms with Gasteiger partial charge in [0.2, 0.25) is 0 Å². The van der Waals surface area contributed by atoms with E-state index in [9.17, 15) is 4.79 Å². The third-order valence-corrected chi connectivity index (χ3v) is 4.25. The predicted molar refractivity (Wildman–Crippen MR) is 81.7 cm³/mol. The molecule has 0 bridgehead atoms. The molecule has 0 N–H and O–H groups in total. The first kappa shape index (κ1) is 13.2. The fourth-order valence-electron chi connectivity index (χ4n) is 3.39. The van der Waals surface area contributed by atoms with Gasteiger partial charge in [-0.2, -0.15) is 0 Å². The van der Waals surface area contributed by atoms with Gasteiger partial charge in [-0.1, -0.05) is 26.0 Å². The first-order chi connectivity index (χ1) is 9.43. The van der Waals surface area contributed by atoms with Crippen LogP contribution in [0.1, 0.15) is 41.8 Å². The molecule has 1 aliphatic carbocycles. The van der Waals surface area contributed by atoms with Gasteiger partial charge < -0.3 is 4.74 Å². The van der Waals surface area contributed by atoms with Crippen LogP contribution in [0.2, 0.25) is 0 Å². The second kappa shape index (κ2) is 4.34. The van der Waals surface area contributed by atoms with Crippen LogP contribution in [-0.2, 0) is 6.42 Å². The number of fused-ring (bicyclic) bond motifs is 3. The average Bonchev–Trinajstić information content (AvgIpc) is 2.39. The Hall–Kier alpha value is -1.83. The second-order valence-electron chi connectivity index (χ2n) is 6.54. The van der Waals surface area contributed by atoms with E-state index in [1.807, 2.05) is 18.2 Å². The normalized spacial score (nSPS) is 17.1. The van der Waals surface area contributed by atoms with Crippen molar-refractivity contribution in [1.82, 2.24) is 0 Å². The van der Waals surface area contributed by atoms with Crippen LogP contribution < -0.4 is 4.74 Å². The highest BCUT2D eigenvalue weighted by Crippen LogP contribution is 2.41. The van der Waals surface area contributed by atoms with Crippen LogP contribution in [0.5, 0.6) is 5.75 Å². The molecular weight excluding hydrogens is 248 g/mol. The van der Waals surface area contributed by atoms with E-state index >= 15 is 0 Å². The molecule has 0 amide bonds. The number of aryl methyl sites for hydroxylation is 1. The van der Waals surface area contributed by atoms with Crippen LogP contribution >= 0.6 is 0 Å². The highest BCUT2D eigenvalue weighted by Gasteiger charge is 2.32. The van der Waals surface area contributed by atoms with Crippen LogP contribution in [-0.4, -0.2) is 12.9 Å². The quantitative estimate of drug-likeness (QED) is 0.770. The van der Waals surface area contributed by atoms with Crippen molar-refractivity contribution in [3.63, 3.8) is 0 Å². The summed E-state index contributed by atoms with van der Waals surface area (Å²) in [5.41, 5.74) is 3.24. The first-order valence-corrected chi connectivity index (χ1v) is 7.05. The molecule has 0 spiro atoms. The SMILES string of the molecule is COc1cccc2c3c(cc(C)c12)C(=O)CC(C)(C)C3. The standard InChI is InChI=1S/C18H20O2/c1-11-8-13-14(9-18(2,3)10-15(13)19)12-6-5-7-16(20-4)17(11)12/h5-8H,9-10H2,1-4H3. The number of hydrogen-bond acceptors (Lipinski definition) is 2. The number of Topliss-reactive ketones (excluding diaryl/α,β-unsaturated/α-hetero) is 1. The van der Waals surface area contributed by atoms with Crippen LogP contribution in [0.15, 0.2) is 24.3 Å². The average molecular weight is 268 g/mol. The third-order valence-electron chi connectivity index (χ3n) is 4.25. The van der Waals surface area contributed by atoms with Crippen molar-refractivity contribution in [3.05, 3.63) is 41.0 Å². The van der Waals surface area contributed by atoms with E-state index in [0.29, 0.717) is 6.42 Å². The predicted octanol–water partition coefficient (Wildman–Crippen LogP) is 4.31. The lowest BCUT2D eigenvalue weighted by Gasteiger charge is -2.31. The van der Waals surface area contributed by atoms with E-state index in [2.05, 4.69) is 26.8 Å².